The van der Waals surface area contributed by atoms with Crippen molar-refractivity contribution in [3.05, 3.63) is 23.0 Å². The molecule has 1 aliphatic rings. The van der Waals surface area contributed by atoms with Gasteiger partial charge in [-0.25, -0.2) is 0 Å². The van der Waals surface area contributed by atoms with Gasteiger partial charge in [-0.1, -0.05) is 0 Å². The highest BCUT2D eigenvalue weighted by molar-refractivity contribution is 5.42. The van der Waals surface area contributed by atoms with Crippen molar-refractivity contribution >= 4 is 0 Å². The fourth-order valence-electron chi connectivity index (χ4n) is 1.83. The van der Waals surface area contributed by atoms with Crippen LogP contribution in [0.2, 0.25) is 0 Å². The minimum atomic E-state index is -0.558. The van der Waals surface area contributed by atoms with Crippen LogP contribution in [0.25, 0.3) is 0 Å². The number of aryl methyl sites for hydroxylation is 1. The zero-order valence-corrected chi connectivity index (χ0v) is 10.3. The summed E-state index contributed by atoms with van der Waals surface area (Å²) in [5.41, 5.74) is 3.17. The summed E-state index contributed by atoms with van der Waals surface area (Å²) in [4.78, 5) is 4.36. The second-order valence-corrected chi connectivity index (χ2v) is 4.50. The van der Waals surface area contributed by atoms with Gasteiger partial charge in [-0.05, 0) is 19.5 Å². The van der Waals surface area contributed by atoms with Crippen LogP contribution in [0, 0.1) is 6.92 Å². The third kappa shape index (κ3) is 2.03. The smallest absolute Gasteiger partial charge is 0.205 e. The van der Waals surface area contributed by atoms with Gasteiger partial charge in [0, 0.05) is 32.2 Å². The predicted octanol–water partition coefficient (Wildman–Crippen LogP) is 1.75. The van der Waals surface area contributed by atoms with E-state index in [-0.39, 0.29) is 0 Å². The second kappa shape index (κ2) is 4.03. The Morgan fingerprint density at radius 2 is 2.25 bits per heavy atom. The molecule has 4 nitrogen and oxygen atoms in total. The van der Waals surface area contributed by atoms with Crippen molar-refractivity contribution < 1.29 is 9.47 Å². The van der Waals surface area contributed by atoms with Crippen molar-refractivity contribution in [3.8, 4) is 5.75 Å². The first kappa shape index (κ1) is 11.4. The standard InChI is InChI=1S/C12H18N2O2/c1-8-11-10(7-15-12(2,3)16-11)9(5-13-4)6-14-8/h6,13H,5,7H2,1-4H3. The first-order chi connectivity index (χ1) is 7.53. The number of fused-ring (bicyclic) bond motifs is 1. The van der Waals surface area contributed by atoms with Gasteiger partial charge in [0.1, 0.15) is 5.75 Å². The molecule has 0 spiro atoms. The first-order valence-corrected chi connectivity index (χ1v) is 5.48. The lowest BCUT2D eigenvalue weighted by Crippen LogP contribution is -2.36. The number of nitrogens with one attached hydrogen (secondary N) is 1. The molecule has 2 rings (SSSR count). The summed E-state index contributed by atoms with van der Waals surface area (Å²) >= 11 is 0. The van der Waals surface area contributed by atoms with E-state index in [1.165, 1.54) is 0 Å². The summed E-state index contributed by atoms with van der Waals surface area (Å²) in [5.74, 6) is 0.321. The summed E-state index contributed by atoms with van der Waals surface area (Å²) in [6.07, 6.45) is 1.88. The Balaban J connectivity index is 2.43. The molecule has 88 valence electrons. The van der Waals surface area contributed by atoms with Crippen molar-refractivity contribution in [2.75, 3.05) is 7.05 Å². The molecule has 0 aliphatic carbocycles. The Kier molecular flexibility index (Phi) is 2.86. The Morgan fingerprint density at radius 1 is 1.50 bits per heavy atom. The minimum Gasteiger partial charge on any atom is -0.461 e. The average Bonchev–Trinajstić information content (AvgIpc) is 2.22. The number of pyridine rings is 1. The molecule has 1 aromatic heterocycles. The fourth-order valence-corrected chi connectivity index (χ4v) is 1.83. The summed E-state index contributed by atoms with van der Waals surface area (Å²) < 4.78 is 11.5. The number of nitrogens with zero attached hydrogens (tertiary/aromatic N) is 1. The van der Waals surface area contributed by atoms with Gasteiger partial charge in [0.15, 0.2) is 0 Å². The third-order valence-corrected chi connectivity index (χ3v) is 2.68. The van der Waals surface area contributed by atoms with E-state index in [0.29, 0.717) is 6.61 Å². The van der Waals surface area contributed by atoms with Crippen molar-refractivity contribution in [1.82, 2.24) is 10.3 Å². The van der Waals surface area contributed by atoms with E-state index >= 15 is 0 Å². The van der Waals surface area contributed by atoms with E-state index in [1.54, 1.807) is 0 Å². The molecule has 0 atom stereocenters. The molecular weight excluding hydrogens is 204 g/mol. The van der Waals surface area contributed by atoms with Gasteiger partial charge in [0.05, 0.1) is 12.3 Å². The normalized spacial score (nSPS) is 17.8. The largest absolute Gasteiger partial charge is 0.461 e. The lowest BCUT2D eigenvalue weighted by molar-refractivity contribution is -0.180. The molecule has 0 fully saturated rings. The third-order valence-electron chi connectivity index (χ3n) is 2.68. The van der Waals surface area contributed by atoms with Crippen LogP contribution in [0.1, 0.15) is 30.7 Å². The molecule has 1 aromatic rings. The van der Waals surface area contributed by atoms with Crippen molar-refractivity contribution in [3.63, 3.8) is 0 Å². The molecule has 0 saturated heterocycles. The highest BCUT2D eigenvalue weighted by Gasteiger charge is 2.30. The maximum absolute atomic E-state index is 5.82. The van der Waals surface area contributed by atoms with E-state index in [0.717, 1.165) is 29.1 Å². The van der Waals surface area contributed by atoms with Crippen molar-refractivity contribution in [2.24, 2.45) is 0 Å². The topological polar surface area (TPSA) is 43.4 Å². The molecule has 4 heteroatoms. The lowest BCUT2D eigenvalue weighted by atomic mass is 10.1. The molecule has 0 bridgehead atoms. The maximum atomic E-state index is 5.82. The van der Waals surface area contributed by atoms with Gasteiger partial charge in [0.25, 0.3) is 0 Å². The van der Waals surface area contributed by atoms with Crippen LogP contribution in [-0.2, 0) is 17.9 Å². The van der Waals surface area contributed by atoms with Crippen molar-refractivity contribution in [2.45, 2.75) is 39.7 Å². The molecule has 1 aliphatic heterocycles. The lowest BCUT2D eigenvalue weighted by Gasteiger charge is -2.34. The molecule has 0 saturated carbocycles. The Labute approximate surface area is 96.0 Å². The summed E-state index contributed by atoms with van der Waals surface area (Å²) in [6.45, 7) is 7.16. The Morgan fingerprint density at radius 3 is 2.94 bits per heavy atom. The molecule has 16 heavy (non-hydrogen) atoms. The van der Waals surface area contributed by atoms with Crippen LogP contribution in [0.4, 0.5) is 0 Å². The summed E-state index contributed by atoms with van der Waals surface area (Å²) in [5, 5.41) is 3.12. The number of ether oxygens (including phenoxy) is 2. The van der Waals surface area contributed by atoms with Crippen LogP contribution in [-0.4, -0.2) is 17.8 Å². The molecule has 0 unspecified atom stereocenters. The maximum Gasteiger partial charge on any atom is 0.205 e. The van der Waals surface area contributed by atoms with Gasteiger partial charge in [-0.2, -0.15) is 0 Å². The van der Waals surface area contributed by atoms with Crippen LogP contribution in [0.3, 0.4) is 0 Å². The predicted molar refractivity (Wildman–Crippen MR) is 61.2 cm³/mol. The van der Waals surface area contributed by atoms with Crippen molar-refractivity contribution in [1.29, 1.82) is 0 Å². The van der Waals surface area contributed by atoms with Gasteiger partial charge in [0.2, 0.25) is 5.79 Å². The number of hydrogen-bond donors (Lipinski definition) is 1. The quantitative estimate of drug-likeness (QED) is 0.828. The van der Waals surface area contributed by atoms with Crippen LogP contribution in [0.5, 0.6) is 5.75 Å². The van der Waals surface area contributed by atoms with E-state index in [4.69, 9.17) is 9.47 Å². The monoisotopic (exact) mass is 222 g/mol. The van der Waals surface area contributed by atoms with E-state index in [1.807, 2.05) is 34.0 Å². The van der Waals surface area contributed by atoms with E-state index < -0.39 is 5.79 Å². The van der Waals surface area contributed by atoms with Gasteiger partial charge in [-0.15, -0.1) is 0 Å². The van der Waals surface area contributed by atoms with Crippen LogP contribution in [0.15, 0.2) is 6.20 Å². The number of aromatic nitrogens is 1. The SMILES string of the molecule is CNCc1cnc(C)c2c1COC(C)(C)O2. The van der Waals surface area contributed by atoms with Crippen LogP contribution >= 0.6 is 0 Å². The van der Waals surface area contributed by atoms with Gasteiger partial charge < -0.3 is 14.8 Å². The number of hydrogen-bond acceptors (Lipinski definition) is 4. The molecule has 0 amide bonds. The number of rotatable bonds is 2. The first-order valence-electron chi connectivity index (χ1n) is 5.48. The molecule has 1 N–H and O–H groups in total. The summed E-state index contributed by atoms with van der Waals surface area (Å²) in [7, 11) is 1.92. The van der Waals surface area contributed by atoms with Gasteiger partial charge >= 0.3 is 0 Å². The minimum absolute atomic E-state index is 0.558. The average molecular weight is 222 g/mol. The molecule has 0 radical (unpaired) electrons. The fraction of sp³-hybridized carbons (Fsp3) is 0.583. The molecule has 0 aromatic carbocycles. The second-order valence-electron chi connectivity index (χ2n) is 4.50. The van der Waals surface area contributed by atoms with Crippen LogP contribution < -0.4 is 10.1 Å². The molecule has 2 heterocycles. The Bertz CT molecular complexity index is 402. The van der Waals surface area contributed by atoms with E-state index in [2.05, 4.69) is 10.3 Å². The van der Waals surface area contributed by atoms with E-state index in [9.17, 15) is 0 Å². The zero-order chi connectivity index (χ0) is 11.8. The van der Waals surface area contributed by atoms with Gasteiger partial charge in [-0.3, -0.25) is 4.98 Å². The zero-order valence-electron chi connectivity index (χ0n) is 10.3. The highest BCUT2D eigenvalue weighted by atomic mass is 16.7. The highest BCUT2D eigenvalue weighted by Crippen LogP contribution is 2.34. The molecular formula is C12H18N2O2. The summed E-state index contributed by atoms with van der Waals surface area (Å²) in [6, 6.07) is 0. The Hall–Kier alpha value is -1.13.